The first-order chi connectivity index (χ1) is 28.8. The number of aromatic nitrogens is 2. The zero-order chi connectivity index (χ0) is 38.0. The van der Waals surface area contributed by atoms with E-state index in [-0.39, 0.29) is 0 Å². The van der Waals surface area contributed by atoms with E-state index in [4.69, 9.17) is 0 Å². The standard InChI is InChI=1S/C55H34N2S/c1-4-16-35(17-5-1)55(36-18-6-2-7-19-36)46-25-13-10-22-39(46)40-29-28-38(32-47(40)55)57-48-26-14-11-23-41(48)44-33-45-51(34-50(44)57)56(37-20-8-3-9-21-37)49-31-30-43-42-24-12-15-27-52(42)58-54(43)53(45)49/h1-34H. The minimum atomic E-state index is -0.480. The Bertz CT molecular complexity index is 3570. The largest absolute Gasteiger partial charge is 0.309 e. The van der Waals surface area contributed by atoms with Gasteiger partial charge in [-0.2, -0.15) is 0 Å². The molecule has 0 amide bonds. The molecule has 0 saturated carbocycles. The molecule has 0 unspecified atom stereocenters. The quantitative estimate of drug-likeness (QED) is 0.169. The highest BCUT2D eigenvalue weighted by Gasteiger charge is 2.46. The summed E-state index contributed by atoms with van der Waals surface area (Å²) >= 11 is 1.91. The number of nitrogens with zero attached hydrogens (tertiary/aromatic N) is 2. The number of rotatable bonds is 4. The Morgan fingerprint density at radius 3 is 1.76 bits per heavy atom. The van der Waals surface area contributed by atoms with Gasteiger partial charge in [-0.1, -0.05) is 152 Å². The van der Waals surface area contributed by atoms with Gasteiger partial charge in [-0.15, -0.1) is 11.3 Å². The van der Waals surface area contributed by atoms with Crippen molar-refractivity contribution in [2.45, 2.75) is 5.41 Å². The van der Waals surface area contributed by atoms with Crippen LogP contribution in [0.5, 0.6) is 0 Å². The van der Waals surface area contributed by atoms with Crippen molar-refractivity contribution < 1.29 is 0 Å². The zero-order valence-corrected chi connectivity index (χ0v) is 32.2. The van der Waals surface area contributed by atoms with E-state index < -0.39 is 5.41 Å². The summed E-state index contributed by atoms with van der Waals surface area (Å²) in [6.45, 7) is 0. The van der Waals surface area contributed by atoms with Crippen molar-refractivity contribution in [1.82, 2.24) is 9.13 Å². The molecular formula is C55H34N2S. The summed E-state index contributed by atoms with van der Waals surface area (Å²) in [7, 11) is 0. The number of fused-ring (bicyclic) bond motifs is 13. The molecule has 0 aliphatic heterocycles. The molecule has 1 aliphatic carbocycles. The van der Waals surface area contributed by atoms with Crippen LogP contribution >= 0.6 is 11.3 Å². The lowest BCUT2D eigenvalue weighted by atomic mass is 9.67. The van der Waals surface area contributed by atoms with Gasteiger partial charge in [0.25, 0.3) is 0 Å². The van der Waals surface area contributed by atoms with Gasteiger partial charge in [-0.05, 0) is 88.0 Å². The van der Waals surface area contributed by atoms with Crippen molar-refractivity contribution in [1.29, 1.82) is 0 Å². The van der Waals surface area contributed by atoms with Crippen LogP contribution in [-0.2, 0) is 5.41 Å². The molecule has 9 aromatic carbocycles. The van der Waals surface area contributed by atoms with Crippen LogP contribution in [0.3, 0.4) is 0 Å². The van der Waals surface area contributed by atoms with Gasteiger partial charge in [0.05, 0.1) is 27.5 Å². The highest BCUT2D eigenvalue weighted by Crippen LogP contribution is 2.57. The molecule has 3 heteroatoms. The van der Waals surface area contributed by atoms with E-state index in [0.717, 1.165) is 11.4 Å². The summed E-state index contributed by atoms with van der Waals surface area (Å²) in [6.07, 6.45) is 0. The molecule has 58 heavy (non-hydrogen) atoms. The molecular weight excluding hydrogens is 721 g/mol. The Morgan fingerprint density at radius 2 is 0.966 bits per heavy atom. The van der Waals surface area contributed by atoms with Crippen LogP contribution in [0.25, 0.3) is 86.3 Å². The fraction of sp³-hybridized carbons (Fsp3) is 0.0182. The molecule has 2 nitrogen and oxygen atoms in total. The molecule has 3 aromatic heterocycles. The van der Waals surface area contributed by atoms with Gasteiger partial charge in [0.15, 0.2) is 0 Å². The highest BCUT2D eigenvalue weighted by atomic mass is 32.1. The van der Waals surface area contributed by atoms with Crippen molar-refractivity contribution >= 4 is 75.1 Å². The molecule has 0 radical (unpaired) electrons. The normalized spacial score (nSPS) is 13.3. The lowest BCUT2D eigenvalue weighted by Gasteiger charge is -2.34. The van der Waals surface area contributed by atoms with Gasteiger partial charge < -0.3 is 9.13 Å². The number of hydrogen-bond acceptors (Lipinski definition) is 1. The average molecular weight is 755 g/mol. The van der Waals surface area contributed by atoms with Gasteiger partial charge in [-0.3, -0.25) is 0 Å². The monoisotopic (exact) mass is 754 g/mol. The number of benzene rings is 9. The molecule has 0 fully saturated rings. The van der Waals surface area contributed by atoms with Crippen LogP contribution in [0.2, 0.25) is 0 Å². The van der Waals surface area contributed by atoms with Crippen molar-refractivity contribution in [2.75, 3.05) is 0 Å². The SMILES string of the molecule is c1ccc(-n2c3cc4c(cc3c3c5sc6ccccc6c5ccc32)c2ccccc2n4-c2ccc3c(c2)C(c2ccccc2)(c2ccccc2)c2ccccc2-3)cc1. The Kier molecular flexibility index (Phi) is 6.56. The van der Waals surface area contributed by atoms with E-state index in [0.29, 0.717) is 0 Å². The maximum absolute atomic E-state index is 2.51. The van der Waals surface area contributed by atoms with Gasteiger partial charge in [0.2, 0.25) is 0 Å². The molecule has 12 aromatic rings. The summed E-state index contributed by atoms with van der Waals surface area (Å²) in [6, 6.07) is 76.7. The second-order valence-corrected chi connectivity index (χ2v) is 16.7. The Hall–Kier alpha value is -7.20. The predicted octanol–water partition coefficient (Wildman–Crippen LogP) is 14.6. The molecule has 0 N–H and O–H groups in total. The highest BCUT2D eigenvalue weighted by molar-refractivity contribution is 7.26. The van der Waals surface area contributed by atoms with Crippen LogP contribution in [0.1, 0.15) is 22.3 Å². The van der Waals surface area contributed by atoms with Crippen LogP contribution in [-0.4, -0.2) is 9.13 Å². The topological polar surface area (TPSA) is 9.86 Å². The molecule has 0 bridgehead atoms. The first-order valence-electron chi connectivity index (χ1n) is 20.0. The number of hydrogen-bond donors (Lipinski definition) is 0. The molecule has 0 saturated heterocycles. The van der Waals surface area contributed by atoms with Gasteiger partial charge in [0, 0.05) is 53.1 Å². The van der Waals surface area contributed by atoms with Crippen LogP contribution in [0.15, 0.2) is 206 Å². The number of thiophene rings is 1. The van der Waals surface area contributed by atoms with Crippen LogP contribution in [0.4, 0.5) is 0 Å². The van der Waals surface area contributed by atoms with Gasteiger partial charge >= 0.3 is 0 Å². The Balaban J connectivity index is 1.15. The predicted molar refractivity (Wildman–Crippen MR) is 245 cm³/mol. The summed E-state index contributed by atoms with van der Waals surface area (Å²) in [5.74, 6) is 0. The third-order valence-electron chi connectivity index (χ3n) is 12.8. The van der Waals surface area contributed by atoms with Crippen molar-refractivity contribution in [3.05, 3.63) is 229 Å². The van der Waals surface area contributed by atoms with E-state index in [9.17, 15) is 0 Å². The van der Waals surface area contributed by atoms with Crippen LogP contribution < -0.4 is 0 Å². The minimum absolute atomic E-state index is 0.480. The fourth-order valence-electron chi connectivity index (χ4n) is 10.4. The van der Waals surface area contributed by atoms with Crippen molar-refractivity contribution in [3.63, 3.8) is 0 Å². The summed E-state index contributed by atoms with van der Waals surface area (Å²) in [5.41, 5.74) is 14.4. The first kappa shape index (κ1) is 31.9. The first-order valence-corrected chi connectivity index (χ1v) is 20.8. The molecule has 270 valence electrons. The average Bonchev–Trinajstić information content (AvgIpc) is 4.01. The van der Waals surface area contributed by atoms with Crippen molar-refractivity contribution in [2.24, 2.45) is 0 Å². The lowest BCUT2D eigenvalue weighted by molar-refractivity contribution is 0.767. The van der Waals surface area contributed by atoms with E-state index in [1.165, 1.54) is 97.2 Å². The molecule has 3 heterocycles. The van der Waals surface area contributed by atoms with Gasteiger partial charge in [-0.25, -0.2) is 0 Å². The molecule has 1 aliphatic rings. The van der Waals surface area contributed by atoms with E-state index in [2.05, 4.69) is 215 Å². The molecule has 0 atom stereocenters. The molecule has 0 spiro atoms. The van der Waals surface area contributed by atoms with Crippen molar-refractivity contribution in [3.8, 4) is 22.5 Å². The number of para-hydroxylation sites is 2. The maximum atomic E-state index is 2.51. The zero-order valence-electron chi connectivity index (χ0n) is 31.4. The Morgan fingerprint density at radius 1 is 0.345 bits per heavy atom. The maximum Gasteiger partial charge on any atom is 0.0714 e. The third-order valence-corrected chi connectivity index (χ3v) is 14.0. The summed E-state index contributed by atoms with van der Waals surface area (Å²) in [5, 5.41) is 7.76. The Labute approximate surface area is 339 Å². The summed E-state index contributed by atoms with van der Waals surface area (Å²) < 4.78 is 7.66. The van der Waals surface area contributed by atoms with E-state index in [1.807, 2.05) is 11.3 Å². The van der Waals surface area contributed by atoms with Gasteiger partial charge in [0.1, 0.15) is 0 Å². The lowest BCUT2D eigenvalue weighted by Crippen LogP contribution is -2.28. The van der Waals surface area contributed by atoms with E-state index in [1.54, 1.807) is 0 Å². The molecule has 13 rings (SSSR count). The van der Waals surface area contributed by atoms with E-state index >= 15 is 0 Å². The smallest absolute Gasteiger partial charge is 0.0714 e. The summed E-state index contributed by atoms with van der Waals surface area (Å²) in [4.78, 5) is 0. The van der Waals surface area contributed by atoms with Crippen LogP contribution in [0, 0.1) is 0 Å². The second kappa shape index (κ2) is 11.9. The minimum Gasteiger partial charge on any atom is -0.309 e. The third kappa shape index (κ3) is 4.16. The fourth-order valence-corrected chi connectivity index (χ4v) is 11.7. The second-order valence-electron chi connectivity index (χ2n) is 15.6.